The van der Waals surface area contributed by atoms with E-state index in [0.717, 1.165) is 11.4 Å². The Morgan fingerprint density at radius 3 is 2.14 bits per heavy atom. The molecule has 3 rings (SSSR count). The fraction of sp³-hybridized carbons (Fsp3) is 0.0526. The van der Waals surface area contributed by atoms with Crippen LogP contribution in [0.1, 0.15) is 5.56 Å². The number of amides is 2. The summed E-state index contributed by atoms with van der Waals surface area (Å²) >= 11 is 0. The third kappa shape index (κ3) is 7.06. The normalized spacial score (nSPS) is 9.61. The smallest absolute Gasteiger partial charge is 0.590 e. The molecule has 0 aliphatic carbocycles. The molecule has 0 unspecified atom stereocenters. The molecule has 9 heteroatoms. The number of hydrogen-bond donors (Lipinski definition) is 2. The summed E-state index contributed by atoms with van der Waals surface area (Å²) in [5, 5.41) is 11.2. The number of para-hydroxylation sites is 1. The molecule has 0 bridgehead atoms. The number of benzene rings is 1. The van der Waals surface area contributed by atoms with Crippen LogP contribution in [-0.2, 0) is 17.1 Å². The zero-order valence-corrected chi connectivity index (χ0v) is 15.9. The number of primary amides is 1. The molecule has 2 amide bonds. The first-order valence-electron chi connectivity index (χ1n) is 7.91. The molecule has 0 aliphatic heterocycles. The van der Waals surface area contributed by atoms with Crippen molar-refractivity contribution in [3.63, 3.8) is 0 Å². The topological polar surface area (TPSA) is 125 Å². The summed E-state index contributed by atoms with van der Waals surface area (Å²) in [4.78, 5) is 18.7. The van der Waals surface area contributed by atoms with Crippen molar-refractivity contribution < 1.29 is 31.7 Å². The molecule has 3 aromatic rings. The summed E-state index contributed by atoms with van der Waals surface area (Å²) < 4.78 is 4.95. The maximum atomic E-state index is 10.3. The first-order valence-corrected chi connectivity index (χ1v) is 7.91. The van der Waals surface area contributed by atoms with Crippen LogP contribution in [-0.4, -0.2) is 34.4 Å². The zero-order chi connectivity index (χ0) is 19.5. The van der Waals surface area contributed by atoms with Gasteiger partial charge in [0.15, 0.2) is 0 Å². The van der Waals surface area contributed by atoms with Crippen molar-refractivity contribution in [2.45, 2.75) is 0 Å². The Morgan fingerprint density at radius 2 is 1.68 bits per heavy atom. The molecule has 1 aromatic carbocycles. The van der Waals surface area contributed by atoms with Gasteiger partial charge in [-0.25, -0.2) is 10.2 Å². The number of carbonyl (C=O) groups excluding carboxylic acids is 1. The number of urea groups is 1. The minimum Gasteiger partial charge on any atom is -0.590 e. The monoisotopic (exact) mass is 429 g/mol. The number of hydrogen-bond acceptors (Lipinski definition) is 5. The quantitative estimate of drug-likeness (QED) is 0.285. The summed E-state index contributed by atoms with van der Waals surface area (Å²) in [5.41, 5.74) is 9.22. The molecule has 0 saturated heterocycles. The summed E-state index contributed by atoms with van der Waals surface area (Å²) in [6, 6.07) is 15.9. The van der Waals surface area contributed by atoms with E-state index >= 15 is 0 Å². The Bertz CT molecular complexity index is 855. The van der Waals surface area contributed by atoms with Crippen LogP contribution in [0.3, 0.4) is 0 Å². The van der Waals surface area contributed by atoms with Gasteiger partial charge >= 0.3 is 28.8 Å². The molecule has 2 aromatic heterocycles. The molecule has 8 nitrogen and oxygen atoms in total. The number of nitrogens with one attached hydrogen (secondary N) is 1. The molecule has 28 heavy (non-hydrogen) atoms. The molecule has 0 aliphatic rings. The number of aromatic nitrogens is 2. The van der Waals surface area contributed by atoms with E-state index in [0.29, 0.717) is 11.3 Å². The second-order valence-corrected chi connectivity index (χ2v) is 5.09. The van der Waals surface area contributed by atoms with Crippen LogP contribution in [0.2, 0.25) is 0 Å². The van der Waals surface area contributed by atoms with E-state index in [1.807, 2.05) is 41.8 Å². The van der Waals surface area contributed by atoms with Crippen LogP contribution in [0.25, 0.3) is 11.4 Å². The van der Waals surface area contributed by atoms with E-state index in [1.54, 1.807) is 30.6 Å². The van der Waals surface area contributed by atoms with Gasteiger partial charge in [-0.15, -0.1) is 0 Å². The number of pyridine rings is 2. The summed E-state index contributed by atoms with van der Waals surface area (Å²) in [7, 11) is 1.48. The van der Waals surface area contributed by atoms with Crippen molar-refractivity contribution in [3.05, 3.63) is 72.6 Å². The van der Waals surface area contributed by atoms with Gasteiger partial charge in [-0.3, -0.25) is 9.97 Å². The van der Waals surface area contributed by atoms with E-state index < -0.39 is 6.03 Å². The Kier molecular flexibility index (Phi) is 9.74. The second-order valence-electron chi connectivity index (χ2n) is 5.09. The first kappa shape index (κ1) is 22.6. The predicted molar refractivity (Wildman–Crippen MR) is 104 cm³/mol. The SMILES string of the molecule is COc1cccc(C=NNC(N)=O)c1[OH2+].[Cu+2].c1ccc(-c2ccccn2)nc1. The van der Waals surface area contributed by atoms with Crippen molar-refractivity contribution >= 4 is 12.2 Å². The standard InChI is InChI=1S/C10H8N2.C9H11N3O3.Cu/c1-3-7-11-9(5-1)10-6-2-4-8-12-10;1-15-7-4-2-3-6(8(7)13)5-11-12-9(10)14;/h1-8H;2-5,13H,1H3,(H3,10,12,14);/q;;+2/p+1. The van der Waals surface area contributed by atoms with E-state index in [4.69, 9.17) is 15.6 Å². The molecule has 0 fully saturated rings. The van der Waals surface area contributed by atoms with Gasteiger partial charge in [0.1, 0.15) is 0 Å². The molecule has 2 heterocycles. The summed E-state index contributed by atoms with van der Waals surface area (Å²) in [6.07, 6.45) is 4.86. The number of methoxy groups -OCH3 is 1. The predicted octanol–water partition coefficient (Wildman–Crippen LogP) is 2.28. The average molecular weight is 430 g/mol. The Hall–Kier alpha value is -3.42. The number of hydrazone groups is 1. The first-order chi connectivity index (χ1) is 13.1. The van der Waals surface area contributed by atoms with Crippen LogP contribution >= 0.6 is 0 Å². The molecule has 0 spiro atoms. The van der Waals surface area contributed by atoms with Crippen LogP contribution < -0.4 is 15.9 Å². The fourth-order valence-corrected chi connectivity index (χ4v) is 2.02. The Balaban J connectivity index is 0.000000275. The van der Waals surface area contributed by atoms with Crippen LogP contribution in [0.5, 0.6) is 11.5 Å². The molecule has 5 N–H and O–H groups in total. The van der Waals surface area contributed by atoms with E-state index in [9.17, 15) is 4.79 Å². The second kappa shape index (κ2) is 12.1. The number of nitrogens with two attached hydrogens (primary N) is 1. The number of ether oxygens (including phenoxy) is 1. The maximum Gasteiger partial charge on any atom is 2.00 e. The van der Waals surface area contributed by atoms with Gasteiger partial charge < -0.3 is 15.6 Å². The molecule has 0 atom stereocenters. The zero-order valence-electron chi connectivity index (χ0n) is 15.0. The number of nitrogens with zero attached hydrogens (tertiary/aromatic N) is 3. The van der Waals surface area contributed by atoms with Gasteiger partial charge in [-0.05, 0) is 36.4 Å². The molecule has 147 valence electrons. The van der Waals surface area contributed by atoms with E-state index in [1.165, 1.54) is 13.3 Å². The van der Waals surface area contributed by atoms with Crippen LogP contribution in [0, 0.1) is 0 Å². The number of carbonyl (C=O) groups is 1. The molecule has 0 saturated carbocycles. The average Bonchev–Trinajstić information content (AvgIpc) is 2.71. The van der Waals surface area contributed by atoms with Gasteiger partial charge in [0, 0.05) is 12.4 Å². The third-order valence-corrected chi connectivity index (χ3v) is 3.25. The largest absolute Gasteiger partial charge is 2.00 e. The summed E-state index contributed by atoms with van der Waals surface area (Å²) in [6.45, 7) is 0. The van der Waals surface area contributed by atoms with Gasteiger partial charge in [0.2, 0.25) is 5.75 Å². The number of rotatable bonds is 4. The third-order valence-electron chi connectivity index (χ3n) is 3.25. The van der Waals surface area contributed by atoms with Gasteiger partial charge in [0.25, 0.3) is 0 Å². The Labute approximate surface area is 173 Å². The van der Waals surface area contributed by atoms with Crippen molar-refractivity contribution in [1.82, 2.24) is 15.4 Å². The van der Waals surface area contributed by atoms with Crippen molar-refractivity contribution in [2.75, 3.05) is 7.11 Å². The van der Waals surface area contributed by atoms with E-state index in [-0.39, 0.29) is 22.8 Å². The van der Waals surface area contributed by atoms with Gasteiger partial charge in [-0.1, -0.05) is 18.2 Å². The van der Waals surface area contributed by atoms with Gasteiger partial charge in [0.05, 0.1) is 30.3 Å². The van der Waals surface area contributed by atoms with Crippen molar-refractivity contribution in [2.24, 2.45) is 10.8 Å². The maximum absolute atomic E-state index is 10.3. The van der Waals surface area contributed by atoms with Crippen molar-refractivity contribution in [3.8, 4) is 22.9 Å². The van der Waals surface area contributed by atoms with Gasteiger partial charge in [-0.2, -0.15) is 5.10 Å². The molecule has 1 radical (unpaired) electrons. The van der Waals surface area contributed by atoms with Crippen LogP contribution in [0.15, 0.2) is 72.1 Å². The minimum absolute atomic E-state index is 0. The molecular formula is C19H20CuN5O3+3. The van der Waals surface area contributed by atoms with Crippen LogP contribution in [0.4, 0.5) is 4.79 Å². The van der Waals surface area contributed by atoms with Crippen molar-refractivity contribution in [1.29, 1.82) is 0 Å². The fourth-order valence-electron chi connectivity index (χ4n) is 2.02. The Morgan fingerprint density at radius 1 is 1.07 bits per heavy atom. The minimum atomic E-state index is -0.749. The van der Waals surface area contributed by atoms with E-state index in [2.05, 4.69) is 15.1 Å². The molecular weight excluding hydrogens is 410 g/mol. The summed E-state index contributed by atoms with van der Waals surface area (Å²) in [5.74, 6) is 0.646.